The number of amides is 1. The zero-order valence-electron chi connectivity index (χ0n) is 10.3. The van der Waals surface area contributed by atoms with Crippen LogP contribution in [-0.2, 0) is 7.05 Å². The number of rotatable bonds is 3. The van der Waals surface area contributed by atoms with E-state index in [0.29, 0.717) is 12.2 Å². The van der Waals surface area contributed by atoms with Gasteiger partial charge in [-0.25, -0.2) is 0 Å². The third kappa shape index (κ3) is 2.66. The van der Waals surface area contributed by atoms with Gasteiger partial charge in [0.25, 0.3) is 5.91 Å². The maximum atomic E-state index is 11.9. The summed E-state index contributed by atoms with van der Waals surface area (Å²) in [5.74, 6) is 0.0838. The SMILES string of the molecule is Cc1cc(C(=O)NCC2CCCC2O)n(C)n1. The second kappa shape index (κ2) is 4.87. The second-order valence-electron chi connectivity index (χ2n) is 4.76. The highest BCUT2D eigenvalue weighted by molar-refractivity contribution is 5.92. The van der Waals surface area contributed by atoms with Crippen molar-refractivity contribution < 1.29 is 9.90 Å². The maximum Gasteiger partial charge on any atom is 0.269 e. The van der Waals surface area contributed by atoms with Crippen molar-refractivity contribution >= 4 is 5.91 Å². The Morgan fingerprint density at radius 3 is 2.94 bits per heavy atom. The molecule has 1 aromatic rings. The Morgan fingerprint density at radius 2 is 2.41 bits per heavy atom. The van der Waals surface area contributed by atoms with Crippen LogP contribution in [0.25, 0.3) is 0 Å². The molecule has 0 saturated heterocycles. The molecular formula is C12H19N3O2. The van der Waals surface area contributed by atoms with Crippen LogP contribution in [-0.4, -0.2) is 33.4 Å². The molecule has 2 unspecified atom stereocenters. The highest BCUT2D eigenvalue weighted by atomic mass is 16.3. The van der Waals surface area contributed by atoms with E-state index in [1.54, 1.807) is 17.8 Å². The molecule has 1 aromatic heterocycles. The van der Waals surface area contributed by atoms with Crippen molar-refractivity contribution in [3.05, 3.63) is 17.5 Å². The van der Waals surface area contributed by atoms with E-state index in [4.69, 9.17) is 0 Å². The molecule has 2 rings (SSSR count). The van der Waals surface area contributed by atoms with Gasteiger partial charge in [-0.05, 0) is 25.8 Å². The van der Waals surface area contributed by atoms with Gasteiger partial charge in [0.05, 0.1) is 11.8 Å². The first-order valence-electron chi connectivity index (χ1n) is 6.05. The van der Waals surface area contributed by atoms with Gasteiger partial charge in [0.1, 0.15) is 5.69 Å². The van der Waals surface area contributed by atoms with E-state index in [9.17, 15) is 9.90 Å². The molecule has 5 nitrogen and oxygen atoms in total. The molecule has 0 radical (unpaired) electrons. The van der Waals surface area contributed by atoms with E-state index in [1.165, 1.54) is 0 Å². The summed E-state index contributed by atoms with van der Waals surface area (Å²) in [5.41, 5.74) is 1.40. The fraction of sp³-hybridized carbons (Fsp3) is 0.667. The van der Waals surface area contributed by atoms with Crippen LogP contribution in [0, 0.1) is 12.8 Å². The number of carbonyl (C=O) groups excluding carboxylic acids is 1. The highest BCUT2D eigenvalue weighted by Gasteiger charge is 2.25. The van der Waals surface area contributed by atoms with Crippen molar-refractivity contribution in [1.29, 1.82) is 0 Å². The number of hydrogen-bond donors (Lipinski definition) is 2. The van der Waals surface area contributed by atoms with Crippen LogP contribution in [0.15, 0.2) is 6.07 Å². The summed E-state index contributed by atoms with van der Waals surface area (Å²) in [6, 6.07) is 1.76. The summed E-state index contributed by atoms with van der Waals surface area (Å²) >= 11 is 0. The normalized spacial score (nSPS) is 23.9. The summed E-state index contributed by atoms with van der Waals surface area (Å²) < 4.78 is 1.58. The van der Waals surface area contributed by atoms with E-state index in [1.807, 2.05) is 6.92 Å². The predicted octanol–water partition coefficient (Wildman–Crippen LogP) is 0.619. The predicted molar refractivity (Wildman–Crippen MR) is 63.6 cm³/mol. The zero-order valence-corrected chi connectivity index (χ0v) is 10.3. The minimum Gasteiger partial charge on any atom is -0.393 e. The number of aliphatic hydroxyl groups excluding tert-OH is 1. The van der Waals surface area contributed by atoms with Crippen LogP contribution < -0.4 is 5.32 Å². The van der Waals surface area contributed by atoms with Crippen LogP contribution in [0.4, 0.5) is 0 Å². The molecule has 1 amide bonds. The number of hydrogen-bond acceptors (Lipinski definition) is 3. The molecule has 0 aliphatic heterocycles. The van der Waals surface area contributed by atoms with Crippen molar-refractivity contribution in [3.63, 3.8) is 0 Å². The summed E-state index contributed by atoms with van der Waals surface area (Å²) in [7, 11) is 1.76. The number of aliphatic hydroxyl groups is 1. The van der Waals surface area contributed by atoms with E-state index in [2.05, 4.69) is 10.4 Å². The van der Waals surface area contributed by atoms with Crippen LogP contribution in [0.2, 0.25) is 0 Å². The highest BCUT2D eigenvalue weighted by Crippen LogP contribution is 2.24. The molecular weight excluding hydrogens is 218 g/mol. The fourth-order valence-electron chi connectivity index (χ4n) is 2.39. The first-order valence-corrected chi connectivity index (χ1v) is 6.05. The van der Waals surface area contributed by atoms with Crippen molar-refractivity contribution in [2.75, 3.05) is 6.54 Å². The molecule has 1 aliphatic rings. The van der Waals surface area contributed by atoms with Crippen LogP contribution in [0.3, 0.4) is 0 Å². The average Bonchev–Trinajstić information content (AvgIpc) is 2.81. The standard InChI is InChI=1S/C12H19N3O2/c1-8-6-10(15(2)14-8)12(17)13-7-9-4-3-5-11(9)16/h6,9,11,16H,3-5,7H2,1-2H3,(H,13,17). The first kappa shape index (κ1) is 12.1. The summed E-state index contributed by atoms with van der Waals surface area (Å²) in [5, 5.41) is 16.7. The Kier molecular flexibility index (Phi) is 3.47. The van der Waals surface area contributed by atoms with Gasteiger partial charge in [0.15, 0.2) is 0 Å². The first-order chi connectivity index (χ1) is 8.08. The smallest absolute Gasteiger partial charge is 0.269 e. The van der Waals surface area contributed by atoms with Crippen molar-refractivity contribution in [3.8, 4) is 0 Å². The lowest BCUT2D eigenvalue weighted by atomic mass is 10.1. The van der Waals surface area contributed by atoms with E-state index >= 15 is 0 Å². The van der Waals surface area contributed by atoms with Crippen molar-refractivity contribution in [1.82, 2.24) is 15.1 Å². The summed E-state index contributed by atoms with van der Waals surface area (Å²) in [6.45, 7) is 2.40. The molecule has 2 atom stereocenters. The Bertz CT molecular complexity index is 414. The molecule has 17 heavy (non-hydrogen) atoms. The molecule has 0 spiro atoms. The largest absolute Gasteiger partial charge is 0.393 e. The van der Waals surface area contributed by atoms with Gasteiger partial charge in [-0.2, -0.15) is 5.10 Å². The lowest BCUT2D eigenvalue weighted by Crippen LogP contribution is -2.33. The molecule has 1 heterocycles. The van der Waals surface area contributed by atoms with Gasteiger partial charge in [-0.3, -0.25) is 9.48 Å². The molecule has 2 N–H and O–H groups in total. The number of carbonyl (C=O) groups is 1. The van der Waals surface area contributed by atoms with Crippen LogP contribution >= 0.6 is 0 Å². The lowest BCUT2D eigenvalue weighted by molar-refractivity contribution is 0.0908. The van der Waals surface area contributed by atoms with Crippen LogP contribution in [0.1, 0.15) is 35.4 Å². The third-order valence-corrected chi connectivity index (χ3v) is 3.38. The van der Waals surface area contributed by atoms with Gasteiger partial charge in [0, 0.05) is 19.5 Å². The Balaban J connectivity index is 1.91. The lowest BCUT2D eigenvalue weighted by Gasteiger charge is -2.14. The minimum atomic E-state index is -0.261. The topological polar surface area (TPSA) is 67.2 Å². The molecule has 1 saturated carbocycles. The maximum absolute atomic E-state index is 11.9. The van der Waals surface area contributed by atoms with Crippen LogP contribution in [0.5, 0.6) is 0 Å². The summed E-state index contributed by atoms with van der Waals surface area (Å²) in [4.78, 5) is 11.9. The van der Waals surface area contributed by atoms with Gasteiger partial charge >= 0.3 is 0 Å². The number of nitrogens with one attached hydrogen (secondary N) is 1. The average molecular weight is 237 g/mol. The third-order valence-electron chi connectivity index (χ3n) is 3.38. The number of aromatic nitrogens is 2. The van der Waals surface area contributed by atoms with E-state index < -0.39 is 0 Å². The zero-order chi connectivity index (χ0) is 12.4. The van der Waals surface area contributed by atoms with Gasteiger partial charge in [-0.1, -0.05) is 6.42 Å². The van der Waals surface area contributed by atoms with Crippen molar-refractivity contribution in [2.24, 2.45) is 13.0 Å². The van der Waals surface area contributed by atoms with Gasteiger partial charge in [0.2, 0.25) is 0 Å². The molecule has 0 aromatic carbocycles. The second-order valence-corrected chi connectivity index (χ2v) is 4.76. The fourth-order valence-corrected chi connectivity index (χ4v) is 2.39. The number of nitrogens with zero attached hydrogens (tertiary/aromatic N) is 2. The molecule has 0 bridgehead atoms. The molecule has 5 heteroatoms. The molecule has 1 aliphatic carbocycles. The Morgan fingerprint density at radius 1 is 1.65 bits per heavy atom. The quantitative estimate of drug-likeness (QED) is 0.810. The Labute approximate surface area is 101 Å². The molecule has 94 valence electrons. The number of aryl methyl sites for hydroxylation is 2. The van der Waals surface area contributed by atoms with Gasteiger partial charge in [-0.15, -0.1) is 0 Å². The van der Waals surface area contributed by atoms with E-state index in [-0.39, 0.29) is 17.9 Å². The van der Waals surface area contributed by atoms with Crippen molar-refractivity contribution in [2.45, 2.75) is 32.3 Å². The Hall–Kier alpha value is -1.36. The minimum absolute atomic E-state index is 0.118. The van der Waals surface area contributed by atoms with Gasteiger partial charge < -0.3 is 10.4 Å². The monoisotopic (exact) mass is 237 g/mol. The molecule has 1 fully saturated rings. The van der Waals surface area contributed by atoms with E-state index in [0.717, 1.165) is 25.0 Å². The summed E-state index contributed by atoms with van der Waals surface area (Å²) in [6.07, 6.45) is 2.63.